The Labute approximate surface area is 176 Å². The molecule has 0 spiro atoms. The fraction of sp³-hybridized carbons (Fsp3) is 0.450. The molecule has 1 aliphatic heterocycles. The van der Waals surface area contributed by atoms with Crippen molar-refractivity contribution in [2.24, 2.45) is 5.92 Å². The summed E-state index contributed by atoms with van der Waals surface area (Å²) in [6, 6.07) is 6.70. The highest BCUT2D eigenvalue weighted by Crippen LogP contribution is 2.28. The van der Waals surface area contributed by atoms with Crippen LogP contribution in [0.3, 0.4) is 0 Å². The molecule has 1 saturated heterocycles. The molecule has 0 atom stereocenters. The highest BCUT2D eigenvalue weighted by molar-refractivity contribution is 7.89. The van der Waals surface area contributed by atoms with E-state index in [0.717, 1.165) is 0 Å². The number of anilines is 1. The fourth-order valence-corrected chi connectivity index (χ4v) is 5.29. The molecule has 9 nitrogen and oxygen atoms in total. The summed E-state index contributed by atoms with van der Waals surface area (Å²) in [4.78, 5) is 26.1. The second kappa shape index (κ2) is 8.57. The number of nitrogens with zero attached hydrogens (tertiary/aromatic N) is 3. The van der Waals surface area contributed by atoms with Crippen LogP contribution in [0.4, 0.5) is 5.69 Å². The summed E-state index contributed by atoms with van der Waals surface area (Å²) in [6.07, 6.45) is 0.845. The Bertz CT molecular complexity index is 1020. The van der Waals surface area contributed by atoms with Gasteiger partial charge in [-0.15, -0.1) is 0 Å². The minimum absolute atomic E-state index is 0.109. The Morgan fingerprint density at radius 1 is 1.13 bits per heavy atom. The number of rotatable bonds is 5. The van der Waals surface area contributed by atoms with Gasteiger partial charge in [0.15, 0.2) is 5.76 Å². The maximum atomic E-state index is 12.9. The van der Waals surface area contributed by atoms with E-state index in [1.165, 1.54) is 9.21 Å². The topological polar surface area (TPSA) is 113 Å². The Morgan fingerprint density at radius 3 is 2.23 bits per heavy atom. The number of hydrogen-bond donors (Lipinski definition) is 1. The number of amides is 2. The second-order valence-corrected chi connectivity index (χ2v) is 9.47. The Hall–Kier alpha value is -2.72. The average Bonchev–Trinajstić information content (AvgIpc) is 3.06. The highest BCUT2D eigenvalue weighted by atomic mass is 32.2. The van der Waals surface area contributed by atoms with E-state index in [-0.39, 0.29) is 41.5 Å². The molecule has 2 aromatic rings. The number of aryl methyl sites for hydroxylation is 2. The van der Waals surface area contributed by atoms with Gasteiger partial charge in [0.05, 0.1) is 0 Å². The molecule has 0 aliphatic carbocycles. The predicted molar refractivity (Wildman–Crippen MR) is 111 cm³/mol. The van der Waals surface area contributed by atoms with Gasteiger partial charge in [-0.2, -0.15) is 4.31 Å². The monoisotopic (exact) mass is 434 g/mol. The first-order valence-electron chi connectivity index (χ1n) is 9.67. The smallest absolute Gasteiger partial charge is 0.253 e. The number of nitrogens with one attached hydrogen (secondary N) is 1. The van der Waals surface area contributed by atoms with Gasteiger partial charge in [-0.05, 0) is 51.0 Å². The van der Waals surface area contributed by atoms with E-state index in [0.29, 0.717) is 29.8 Å². The van der Waals surface area contributed by atoms with Gasteiger partial charge in [0.25, 0.3) is 5.91 Å². The molecule has 30 heavy (non-hydrogen) atoms. The number of carbonyl (C=O) groups excluding carboxylic acids is 2. The number of piperidine rings is 1. The summed E-state index contributed by atoms with van der Waals surface area (Å²) >= 11 is 0. The van der Waals surface area contributed by atoms with Crippen LogP contribution in [0.25, 0.3) is 0 Å². The summed E-state index contributed by atoms with van der Waals surface area (Å²) in [5.41, 5.74) is 1.47. The summed E-state index contributed by atoms with van der Waals surface area (Å²) in [7, 11) is -0.345. The summed E-state index contributed by atoms with van der Waals surface area (Å²) < 4.78 is 32.1. The van der Waals surface area contributed by atoms with Crippen LogP contribution in [-0.4, -0.2) is 61.8 Å². The van der Waals surface area contributed by atoms with Gasteiger partial charge >= 0.3 is 0 Å². The van der Waals surface area contributed by atoms with Crippen molar-refractivity contribution in [1.82, 2.24) is 14.4 Å². The molecular formula is C20H26N4O5S. The largest absolute Gasteiger partial charge is 0.360 e. The third-order valence-corrected chi connectivity index (χ3v) is 7.34. The van der Waals surface area contributed by atoms with Crippen LogP contribution >= 0.6 is 0 Å². The molecule has 1 N–H and O–H groups in total. The molecule has 0 bridgehead atoms. The van der Waals surface area contributed by atoms with E-state index in [4.69, 9.17) is 4.52 Å². The van der Waals surface area contributed by atoms with Crippen LogP contribution in [-0.2, 0) is 14.8 Å². The van der Waals surface area contributed by atoms with Gasteiger partial charge in [0.2, 0.25) is 15.9 Å². The Kier molecular flexibility index (Phi) is 6.27. The van der Waals surface area contributed by atoms with Crippen LogP contribution < -0.4 is 5.32 Å². The first kappa shape index (κ1) is 22.0. The van der Waals surface area contributed by atoms with Crippen molar-refractivity contribution in [1.29, 1.82) is 0 Å². The minimum atomic E-state index is -3.70. The molecule has 2 heterocycles. The molecule has 1 fully saturated rings. The van der Waals surface area contributed by atoms with Gasteiger partial charge in [-0.1, -0.05) is 5.16 Å². The number of aromatic nitrogens is 1. The molecule has 0 unspecified atom stereocenters. The van der Waals surface area contributed by atoms with Gasteiger partial charge in [0.1, 0.15) is 10.6 Å². The fourth-order valence-electron chi connectivity index (χ4n) is 3.53. The first-order valence-corrected chi connectivity index (χ1v) is 11.1. The number of carbonyl (C=O) groups is 2. The van der Waals surface area contributed by atoms with E-state index in [9.17, 15) is 18.0 Å². The van der Waals surface area contributed by atoms with Crippen LogP contribution in [0.2, 0.25) is 0 Å². The zero-order valence-corrected chi connectivity index (χ0v) is 18.3. The average molecular weight is 435 g/mol. The van der Waals surface area contributed by atoms with Gasteiger partial charge in [0, 0.05) is 44.4 Å². The van der Waals surface area contributed by atoms with Crippen molar-refractivity contribution in [3.05, 3.63) is 41.3 Å². The van der Waals surface area contributed by atoms with Crippen molar-refractivity contribution in [2.45, 2.75) is 31.6 Å². The lowest BCUT2D eigenvalue weighted by Crippen LogP contribution is -2.41. The normalized spacial score (nSPS) is 15.7. The van der Waals surface area contributed by atoms with Gasteiger partial charge in [-0.3, -0.25) is 9.59 Å². The molecule has 162 valence electrons. The van der Waals surface area contributed by atoms with Crippen molar-refractivity contribution < 1.29 is 22.5 Å². The molecule has 1 aliphatic rings. The molecule has 1 aromatic carbocycles. The zero-order chi connectivity index (χ0) is 22.1. The molecule has 3 rings (SSSR count). The first-order chi connectivity index (χ1) is 14.1. The maximum Gasteiger partial charge on any atom is 0.253 e. The van der Waals surface area contributed by atoms with Crippen molar-refractivity contribution in [3.63, 3.8) is 0 Å². The second-order valence-electron chi connectivity index (χ2n) is 7.60. The van der Waals surface area contributed by atoms with Crippen molar-refractivity contribution in [2.75, 3.05) is 32.5 Å². The lowest BCUT2D eigenvalue weighted by atomic mass is 9.97. The maximum absolute atomic E-state index is 12.9. The summed E-state index contributed by atoms with van der Waals surface area (Å²) in [5.74, 6) is -0.288. The molecule has 1 aromatic heterocycles. The Morgan fingerprint density at radius 2 is 1.73 bits per heavy atom. The van der Waals surface area contributed by atoms with E-state index >= 15 is 0 Å². The predicted octanol–water partition coefficient (Wildman–Crippen LogP) is 2.03. The standard InChI is InChI=1S/C20H26N4O5S/c1-13-18(14(2)29-22-13)30(27,28)24-11-9-15(10-12-24)19(25)21-17-7-5-16(6-8-17)20(26)23(3)4/h5-8,15H,9-12H2,1-4H3,(H,21,25). The number of benzene rings is 1. The van der Waals surface area contributed by atoms with Crippen molar-refractivity contribution >= 4 is 27.5 Å². The molecule has 2 amide bonds. The molecule has 10 heteroatoms. The Balaban J connectivity index is 1.60. The van der Waals surface area contributed by atoms with E-state index in [2.05, 4.69) is 10.5 Å². The van der Waals surface area contributed by atoms with Crippen LogP contribution in [0, 0.1) is 19.8 Å². The zero-order valence-electron chi connectivity index (χ0n) is 17.5. The number of hydrogen-bond acceptors (Lipinski definition) is 6. The van der Waals surface area contributed by atoms with E-state index in [1.54, 1.807) is 52.2 Å². The van der Waals surface area contributed by atoms with Crippen LogP contribution in [0.1, 0.15) is 34.7 Å². The summed E-state index contributed by atoms with van der Waals surface area (Å²) in [6.45, 7) is 3.67. The van der Waals surface area contributed by atoms with E-state index < -0.39 is 10.0 Å². The lowest BCUT2D eigenvalue weighted by Gasteiger charge is -2.30. The van der Waals surface area contributed by atoms with Crippen molar-refractivity contribution in [3.8, 4) is 0 Å². The molecule has 0 radical (unpaired) electrons. The highest BCUT2D eigenvalue weighted by Gasteiger charge is 2.35. The van der Waals surface area contributed by atoms with E-state index in [1.807, 2.05) is 0 Å². The van der Waals surface area contributed by atoms with Crippen LogP contribution in [0.5, 0.6) is 0 Å². The third-order valence-electron chi connectivity index (χ3n) is 5.20. The molecule has 0 saturated carbocycles. The minimum Gasteiger partial charge on any atom is -0.360 e. The quantitative estimate of drug-likeness (QED) is 0.770. The SMILES string of the molecule is Cc1noc(C)c1S(=O)(=O)N1CCC(C(=O)Nc2ccc(C(=O)N(C)C)cc2)CC1. The number of sulfonamides is 1. The molecular weight excluding hydrogens is 408 g/mol. The summed E-state index contributed by atoms with van der Waals surface area (Å²) in [5, 5.41) is 6.57. The third kappa shape index (κ3) is 4.39. The van der Waals surface area contributed by atoms with Crippen LogP contribution in [0.15, 0.2) is 33.7 Å². The lowest BCUT2D eigenvalue weighted by molar-refractivity contribution is -0.120. The van der Waals surface area contributed by atoms with Gasteiger partial charge < -0.3 is 14.7 Å². The van der Waals surface area contributed by atoms with Gasteiger partial charge in [-0.25, -0.2) is 8.42 Å².